The van der Waals surface area contributed by atoms with E-state index >= 15 is 0 Å². The zero-order valence-electron chi connectivity index (χ0n) is 18.4. The lowest BCUT2D eigenvalue weighted by atomic mass is 10.1. The van der Waals surface area contributed by atoms with E-state index in [-0.39, 0.29) is 17.4 Å². The quantitative estimate of drug-likeness (QED) is 0.653. The monoisotopic (exact) mass is 416 g/mol. The highest BCUT2D eigenvalue weighted by molar-refractivity contribution is 6.07. The van der Waals surface area contributed by atoms with Gasteiger partial charge in [-0.15, -0.1) is 0 Å². The van der Waals surface area contributed by atoms with E-state index in [1.54, 1.807) is 25.3 Å². The Labute approximate surface area is 176 Å². The highest BCUT2D eigenvalue weighted by atomic mass is 16.5. The molecular weight excluding hydrogens is 384 g/mol. The molecule has 0 bridgehead atoms. The Balaban J connectivity index is 2.61. The highest BCUT2D eigenvalue weighted by Gasteiger charge is 2.25. The van der Waals surface area contributed by atoms with E-state index in [1.807, 2.05) is 27.7 Å². The number of hydrogen-bond acceptors (Lipinski definition) is 5. The van der Waals surface area contributed by atoms with E-state index in [4.69, 9.17) is 10.5 Å². The van der Waals surface area contributed by atoms with Crippen LogP contribution in [0.25, 0.3) is 0 Å². The first-order valence-electron chi connectivity index (χ1n) is 10.3. The predicted molar refractivity (Wildman–Crippen MR) is 120 cm³/mol. The number of rotatable bonds is 9. The maximum absolute atomic E-state index is 13.4. The largest absolute Gasteiger partial charge is 0.496 e. The van der Waals surface area contributed by atoms with Crippen molar-refractivity contribution in [1.29, 1.82) is 0 Å². The minimum atomic E-state index is -0.665. The summed E-state index contributed by atoms with van der Waals surface area (Å²) in [5.41, 5.74) is 6.31. The molecule has 3 N–H and O–H groups in total. The second-order valence-electron chi connectivity index (χ2n) is 7.82. The van der Waals surface area contributed by atoms with E-state index in [9.17, 15) is 14.4 Å². The first-order chi connectivity index (χ1) is 14.2. The number of carbonyl (C=O) groups excluding carboxylic acids is 1. The molecule has 0 aliphatic rings. The summed E-state index contributed by atoms with van der Waals surface area (Å²) in [6.45, 7) is 8.62. The maximum atomic E-state index is 13.4. The van der Waals surface area contributed by atoms with Crippen molar-refractivity contribution in [1.82, 2.24) is 9.55 Å². The number of aromatic nitrogens is 2. The smallest absolute Gasteiger partial charge is 0.330 e. The number of anilines is 2. The number of nitrogens with two attached hydrogens (primary N) is 1. The first-order valence-corrected chi connectivity index (χ1v) is 10.3. The number of methoxy groups -OCH3 is 1. The van der Waals surface area contributed by atoms with Gasteiger partial charge in [-0.25, -0.2) is 4.79 Å². The Hall–Kier alpha value is -3.03. The summed E-state index contributed by atoms with van der Waals surface area (Å²) in [4.78, 5) is 42.1. The normalized spacial score (nSPS) is 11.0. The number of aryl methyl sites for hydroxylation is 1. The van der Waals surface area contributed by atoms with Crippen LogP contribution in [0.5, 0.6) is 5.75 Å². The van der Waals surface area contributed by atoms with E-state index in [1.165, 1.54) is 9.47 Å². The van der Waals surface area contributed by atoms with Gasteiger partial charge >= 0.3 is 5.69 Å². The van der Waals surface area contributed by atoms with E-state index in [2.05, 4.69) is 4.98 Å². The molecule has 2 rings (SSSR count). The predicted octanol–water partition coefficient (Wildman–Crippen LogP) is 2.93. The van der Waals surface area contributed by atoms with Gasteiger partial charge in [0.25, 0.3) is 11.5 Å². The second-order valence-corrected chi connectivity index (χ2v) is 7.82. The van der Waals surface area contributed by atoms with Crippen LogP contribution in [0.15, 0.2) is 27.8 Å². The van der Waals surface area contributed by atoms with Crippen LogP contribution in [-0.4, -0.2) is 29.1 Å². The molecule has 1 amide bonds. The number of benzene rings is 1. The molecule has 1 heterocycles. The molecule has 0 aliphatic carbocycles. The molecule has 1 aromatic heterocycles. The third kappa shape index (κ3) is 5.11. The summed E-state index contributed by atoms with van der Waals surface area (Å²) in [5.74, 6) is 0.527. The molecule has 0 fully saturated rings. The molecule has 0 saturated carbocycles. The Bertz CT molecular complexity index is 1010. The molecule has 0 spiro atoms. The van der Waals surface area contributed by atoms with Crippen LogP contribution in [0, 0.1) is 12.8 Å². The molecule has 164 valence electrons. The van der Waals surface area contributed by atoms with Gasteiger partial charge in [-0.05, 0) is 43.4 Å². The van der Waals surface area contributed by atoms with E-state index in [0.717, 1.165) is 18.4 Å². The van der Waals surface area contributed by atoms with Crippen LogP contribution in [0.2, 0.25) is 0 Å². The summed E-state index contributed by atoms with van der Waals surface area (Å²) in [6, 6.07) is 5.14. The maximum Gasteiger partial charge on any atom is 0.330 e. The molecule has 30 heavy (non-hydrogen) atoms. The number of aromatic amines is 1. The fourth-order valence-corrected chi connectivity index (χ4v) is 3.19. The van der Waals surface area contributed by atoms with E-state index in [0.29, 0.717) is 36.7 Å². The number of nitrogen functional groups attached to an aromatic ring is 1. The standard InChI is InChI=1S/C22H32N4O4/c1-6-7-11-26-19(23)18(20(27)24-22(26)29)25(12-10-14(2)3)21(28)16-9-8-15(4)17(13-16)30-5/h8-9,13-14H,6-7,10-12,23H2,1-5H3,(H,24,27,29). The highest BCUT2D eigenvalue weighted by Crippen LogP contribution is 2.24. The molecule has 0 unspecified atom stereocenters. The number of ether oxygens (including phenoxy) is 1. The van der Waals surface area contributed by atoms with Gasteiger partial charge < -0.3 is 15.4 Å². The number of nitrogens with zero attached hydrogens (tertiary/aromatic N) is 2. The molecule has 8 heteroatoms. The van der Waals surface area contributed by atoms with Crippen molar-refractivity contribution >= 4 is 17.4 Å². The van der Waals surface area contributed by atoms with Crippen molar-refractivity contribution in [3.05, 3.63) is 50.2 Å². The molecule has 0 radical (unpaired) electrons. The molecule has 1 aromatic carbocycles. The molecule has 0 atom stereocenters. The Morgan fingerprint density at radius 2 is 2.00 bits per heavy atom. The van der Waals surface area contributed by atoms with Crippen LogP contribution in [0.1, 0.15) is 56.0 Å². The minimum absolute atomic E-state index is 0.00776. The fraction of sp³-hybridized carbons (Fsp3) is 0.500. The van der Waals surface area contributed by atoms with Crippen LogP contribution < -0.4 is 26.6 Å². The van der Waals surface area contributed by atoms with Crippen LogP contribution >= 0.6 is 0 Å². The van der Waals surface area contributed by atoms with Crippen molar-refractivity contribution in [2.75, 3.05) is 24.3 Å². The summed E-state index contributed by atoms with van der Waals surface area (Å²) >= 11 is 0. The average Bonchev–Trinajstić information content (AvgIpc) is 2.69. The van der Waals surface area contributed by atoms with Crippen molar-refractivity contribution in [2.24, 2.45) is 5.92 Å². The van der Waals surface area contributed by atoms with Crippen LogP contribution in [-0.2, 0) is 6.54 Å². The number of H-pyrrole nitrogens is 1. The van der Waals surface area contributed by atoms with Crippen LogP contribution in [0.3, 0.4) is 0 Å². The zero-order valence-corrected chi connectivity index (χ0v) is 18.4. The van der Waals surface area contributed by atoms with Crippen LogP contribution in [0.4, 0.5) is 11.5 Å². The zero-order chi connectivity index (χ0) is 22.4. The molecule has 0 saturated heterocycles. The number of hydrogen-bond donors (Lipinski definition) is 2. The van der Waals surface area contributed by atoms with Gasteiger partial charge in [0.2, 0.25) is 0 Å². The van der Waals surface area contributed by atoms with Gasteiger partial charge in [-0.3, -0.25) is 19.1 Å². The minimum Gasteiger partial charge on any atom is -0.496 e. The first kappa shape index (κ1) is 23.3. The molecule has 2 aromatic rings. The van der Waals surface area contributed by atoms with Gasteiger partial charge in [-0.1, -0.05) is 33.3 Å². The SMILES string of the molecule is CCCCn1c(N)c(N(CCC(C)C)C(=O)c2ccc(C)c(OC)c2)c(=O)[nH]c1=O. The lowest BCUT2D eigenvalue weighted by Gasteiger charge is -2.25. The summed E-state index contributed by atoms with van der Waals surface area (Å²) in [6.07, 6.45) is 2.26. The number of carbonyl (C=O) groups is 1. The van der Waals surface area contributed by atoms with Gasteiger partial charge in [0.1, 0.15) is 11.6 Å². The molecule has 8 nitrogen and oxygen atoms in total. The van der Waals surface area contributed by atoms with E-state index < -0.39 is 11.2 Å². The van der Waals surface area contributed by atoms with Gasteiger partial charge in [0.05, 0.1) is 7.11 Å². The summed E-state index contributed by atoms with van der Waals surface area (Å²) in [7, 11) is 1.54. The van der Waals surface area contributed by atoms with Gasteiger partial charge in [0.15, 0.2) is 5.69 Å². The third-order valence-corrected chi connectivity index (χ3v) is 5.05. The Morgan fingerprint density at radius 3 is 2.60 bits per heavy atom. The average molecular weight is 417 g/mol. The topological polar surface area (TPSA) is 110 Å². The molecular formula is C22H32N4O4. The van der Waals surface area contributed by atoms with Crippen molar-refractivity contribution in [3.63, 3.8) is 0 Å². The lowest BCUT2D eigenvalue weighted by molar-refractivity contribution is 0.0985. The number of unbranched alkanes of at least 4 members (excludes halogenated alkanes) is 1. The third-order valence-electron chi connectivity index (χ3n) is 5.05. The van der Waals surface area contributed by atoms with Crippen molar-refractivity contribution < 1.29 is 9.53 Å². The van der Waals surface area contributed by atoms with Gasteiger partial charge in [0, 0.05) is 18.7 Å². The molecule has 0 aliphatic heterocycles. The summed E-state index contributed by atoms with van der Waals surface area (Å²) < 4.78 is 6.66. The number of nitrogens with one attached hydrogen (secondary N) is 1. The Morgan fingerprint density at radius 1 is 1.30 bits per heavy atom. The van der Waals surface area contributed by atoms with Gasteiger partial charge in [-0.2, -0.15) is 0 Å². The fourth-order valence-electron chi connectivity index (χ4n) is 3.19. The second kappa shape index (κ2) is 10.1. The van der Waals surface area contributed by atoms with Crippen molar-refractivity contribution in [3.8, 4) is 5.75 Å². The Kier molecular flexibility index (Phi) is 7.86. The van der Waals surface area contributed by atoms with Crippen molar-refractivity contribution in [2.45, 2.75) is 53.5 Å². The summed E-state index contributed by atoms with van der Waals surface area (Å²) in [5, 5.41) is 0. The lowest BCUT2D eigenvalue weighted by Crippen LogP contribution is -2.42. The number of amides is 1.